The van der Waals surface area contributed by atoms with Gasteiger partial charge in [0.15, 0.2) is 0 Å². The predicted molar refractivity (Wildman–Crippen MR) is 172 cm³/mol. The molecule has 1 aliphatic rings. The molecule has 4 rings (SSSR count). The van der Waals surface area contributed by atoms with Gasteiger partial charge in [0, 0.05) is 85.6 Å². The number of aryl methyl sites for hydroxylation is 2. The second-order valence-corrected chi connectivity index (χ2v) is 11.3. The molecule has 10 heteroatoms. The number of amides is 3. The number of rotatable bonds is 12. The highest BCUT2D eigenvalue weighted by molar-refractivity contribution is 5.95. The van der Waals surface area contributed by atoms with Crippen LogP contribution in [0.1, 0.15) is 29.4 Å². The third kappa shape index (κ3) is 8.57. The first-order valence-corrected chi connectivity index (χ1v) is 15.0. The van der Waals surface area contributed by atoms with Crippen LogP contribution >= 0.6 is 0 Å². The van der Waals surface area contributed by atoms with Crippen molar-refractivity contribution in [3.05, 3.63) is 89.3 Å². The van der Waals surface area contributed by atoms with Crippen LogP contribution in [0.25, 0.3) is 6.08 Å². The summed E-state index contributed by atoms with van der Waals surface area (Å²) in [5, 5.41) is 4.38. The number of anilines is 1. The lowest BCUT2D eigenvalue weighted by Gasteiger charge is -2.36. The Morgan fingerprint density at radius 1 is 1.00 bits per heavy atom. The SMILES string of the molecule is COCCN(C)C(=O)[C@H](Cc1ccccc1)N(Cc1ccc(N2CCN(C(C)=O)CC2)cc1)C(=O)C=Cc1cc(C)nn1C. The number of benzene rings is 2. The maximum Gasteiger partial charge on any atom is 0.247 e. The van der Waals surface area contributed by atoms with E-state index in [1.165, 1.54) is 6.08 Å². The second-order valence-electron chi connectivity index (χ2n) is 11.3. The van der Waals surface area contributed by atoms with E-state index in [2.05, 4.69) is 22.1 Å². The summed E-state index contributed by atoms with van der Waals surface area (Å²) in [6, 6.07) is 19.1. The van der Waals surface area contributed by atoms with Crippen LogP contribution in [0.4, 0.5) is 5.69 Å². The molecule has 234 valence electrons. The minimum absolute atomic E-state index is 0.102. The summed E-state index contributed by atoms with van der Waals surface area (Å²) in [5.74, 6) is -0.309. The summed E-state index contributed by atoms with van der Waals surface area (Å²) < 4.78 is 6.95. The third-order valence-electron chi connectivity index (χ3n) is 8.04. The highest BCUT2D eigenvalue weighted by Crippen LogP contribution is 2.21. The zero-order valence-electron chi connectivity index (χ0n) is 26.5. The van der Waals surface area contributed by atoms with E-state index in [0.717, 1.165) is 41.3 Å². The molecule has 0 saturated carbocycles. The fourth-order valence-corrected chi connectivity index (χ4v) is 5.43. The van der Waals surface area contributed by atoms with Gasteiger partial charge in [-0.15, -0.1) is 0 Å². The van der Waals surface area contributed by atoms with Gasteiger partial charge in [0.05, 0.1) is 18.0 Å². The molecule has 0 N–H and O–H groups in total. The van der Waals surface area contributed by atoms with E-state index in [1.807, 2.05) is 67.4 Å². The van der Waals surface area contributed by atoms with Crippen molar-refractivity contribution in [2.75, 3.05) is 58.4 Å². The quantitative estimate of drug-likeness (QED) is 0.297. The molecular weight excluding hydrogens is 556 g/mol. The molecule has 1 saturated heterocycles. The van der Waals surface area contributed by atoms with Crippen LogP contribution in [0.3, 0.4) is 0 Å². The number of hydrogen-bond donors (Lipinski definition) is 0. The maximum absolute atomic E-state index is 14.0. The average molecular weight is 601 g/mol. The van der Waals surface area contributed by atoms with Crippen LogP contribution in [0.5, 0.6) is 0 Å². The van der Waals surface area contributed by atoms with Gasteiger partial charge < -0.3 is 24.3 Å². The number of ether oxygens (including phenoxy) is 1. The van der Waals surface area contributed by atoms with Crippen molar-refractivity contribution >= 4 is 29.5 Å². The number of piperazine rings is 1. The zero-order chi connectivity index (χ0) is 31.6. The Morgan fingerprint density at radius 2 is 1.68 bits per heavy atom. The average Bonchev–Trinajstić information content (AvgIpc) is 3.36. The van der Waals surface area contributed by atoms with Gasteiger partial charge in [-0.3, -0.25) is 19.1 Å². The molecule has 1 fully saturated rings. The van der Waals surface area contributed by atoms with Crippen LogP contribution in [0.2, 0.25) is 0 Å². The molecule has 1 aliphatic heterocycles. The molecule has 3 amide bonds. The lowest BCUT2D eigenvalue weighted by atomic mass is 10.0. The topological polar surface area (TPSA) is 91.2 Å². The highest BCUT2D eigenvalue weighted by atomic mass is 16.5. The van der Waals surface area contributed by atoms with E-state index < -0.39 is 6.04 Å². The normalized spacial score (nSPS) is 14.1. The molecular formula is C34H44N6O4. The Hall–Kier alpha value is -4.44. The molecule has 3 aromatic rings. The van der Waals surface area contributed by atoms with Crippen molar-refractivity contribution in [2.24, 2.45) is 7.05 Å². The van der Waals surface area contributed by atoms with Gasteiger partial charge in [-0.2, -0.15) is 5.10 Å². The van der Waals surface area contributed by atoms with Gasteiger partial charge in [-0.25, -0.2) is 0 Å². The van der Waals surface area contributed by atoms with Crippen LogP contribution in [0.15, 0.2) is 66.7 Å². The van der Waals surface area contributed by atoms with E-state index in [9.17, 15) is 14.4 Å². The molecule has 0 radical (unpaired) electrons. The molecule has 0 unspecified atom stereocenters. The van der Waals surface area contributed by atoms with Crippen LogP contribution < -0.4 is 4.90 Å². The number of nitrogens with zero attached hydrogens (tertiary/aromatic N) is 6. The van der Waals surface area contributed by atoms with Gasteiger partial charge in [0.1, 0.15) is 6.04 Å². The largest absolute Gasteiger partial charge is 0.383 e. The summed E-state index contributed by atoms with van der Waals surface area (Å²) in [6.07, 6.45) is 3.65. The molecule has 1 atom stereocenters. The predicted octanol–water partition coefficient (Wildman–Crippen LogP) is 3.16. The Bertz CT molecular complexity index is 1430. The Kier molecular flexibility index (Phi) is 11.3. The monoisotopic (exact) mass is 600 g/mol. The summed E-state index contributed by atoms with van der Waals surface area (Å²) in [7, 11) is 5.19. The Labute approximate surface area is 260 Å². The highest BCUT2D eigenvalue weighted by Gasteiger charge is 2.31. The number of carbonyl (C=O) groups is 3. The summed E-state index contributed by atoms with van der Waals surface area (Å²) in [6.45, 7) is 7.51. The van der Waals surface area contributed by atoms with E-state index in [4.69, 9.17) is 4.74 Å². The number of hydrogen-bond acceptors (Lipinski definition) is 6. The molecule has 0 spiro atoms. The van der Waals surface area contributed by atoms with Gasteiger partial charge in [0.2, 0.25) is 17.7 Å². The van der Waals surface area contributed by atoms with Gasteiger partial charge in [-0.05, 0) is 42.3 Å². The molecule has 0 bridgehead atoms. The number of methoxy groups -OCH3 is 1. The van der Waals surface area contributed by atoms with Crippen molar-refractivity contribution < 1.29 is 19.1 Å². The van der Waals surface area contributed by atoms with Gasteiger partial charge in [-0.1, -0.05) is 42.5 Å². The number of likely N-dealkylation sites (N-methyl/N-ethyl adjacent to an activating group) is 1. The number of aromatic nitrogens is 2. The Morgan fingerprint density at radius 3 is 2.27 bits per heavy atom. The minimum Gasteiger partial charge on any atom is -0.383 e. The van der Waals surface area contributed by atoms with Crippen molar-refractivity contribution in [3.63, 3.8) is 0 Å². The molecule has 2 aromatic carbocycles. The summed E-state index contributed by atoms with van der Waals surface area (Å²) in [4.78, 5) is 47.1. The fraction of sp³-hybridized carbons (Fsp3) is 0.412. The molecule has 1 aromatic heterocycles. The van der Waals surface area contributed by atoms with Crippen molar-refractivity contribution in [1.82, 2.24) is 24.5 Å². The summed E-state index contributed by atoms with van der Waals surface area (Å²) >= 11 is 0. The first-order valence-electron chi connectivity index (χ1n) is 15.0. The van der Waals surface area contributed by atoms with Crippen molar-refractivity contribution in [2.45, 2.75) is 32.9 Å². The summed E-state index contributed by atoms with van der Waals surface area (Å²) in [5.41, 5.74) is 4.61. The van der Waals surface area contributed by atoms with E-state index in [-0.39, 0.29) is 24.3 Å². The second kappa shape index (κ2) is 15.3. The maximum atomic E-state index is 14.0. The first-order chi connectivity index (χ1) is 21.2. The molecule has 44 heavy (non-hydrogen) atoms. The first kappa shape index (κ1) is 32.5. The Balaban J connectivity index is 1.63. The van der Waals surface area contributed by atoms with Crippen LogP contribution in [-0.4, -0.2) is 102 Å². The van der Waals surface area contributed by atoms with Crippen LogP contribution in [-0.2, 0) is 39.1 Å². The van der Waals surface area contributed by atoms with Crippen molar-refractivity contribution in [3.8, 4) is 0 Å². The fourth-order valence-electron chi connectivity index (χ4n) is 5.43. The smallest absolute Gasteiger partial charge is 0.247 e. The van der Waals surface area contributed by atoms with Crippen LogP contribution in [0, 0.1) is 6.92 Å². The standard InChI is InChI=1S/C34H44N6O4/c1-26-23-31(37(4)35-26)15-16-33(42)40(32(24-28-9-7-6-8-10-28)34(43)36(3)21-22-44-5)25-29-11-13-30(14-12-29)39-19-17-38(18-20-39)27(2)41/h6-16,23,32H,17-22,24-25H2,1-5H3/t32-/m0/s1. The lowest BCUT2D eigenvalue weighted by molar-refractivity contribution is -0.143. The minimum atomic E-state index is -0.732. The van der Waals surface area contributed by atoms with Gasteiger partial charge >= 0.3 is 0 Å². The zero-order valence-corrected chi connectivity index (χ0v) is 26.5. The van der Waals surface area contributed by atoms with E-state index in [0.29, 0.717) is 32.7 Å². The van der Waals surface area contributed by atoms with E-state index in [1.54, 1.807) is 41.6 Å². The molecule has 10 nitrogen and oxygen atoms in total. The third-order valence-corrected chi connectivity index (χ3v) is 8.04. The molecule has 2 heterocycles. The van der Waals surface area contributed by atoms with Gasteiger partial charge in [0.25, 0.3) is 0 Å². The number of carbonyl (C=O) groups excluding carboxylic acids is 3. The van der Waals surface area contributed by atoms with Crippen molar-refractivity contribution in [1.29, 1.82) is 0 Å². The lowest BCUT2D eigenvalue weighted by Crippen LogP contribution is -2.51. The molecule has 0 aliphatic carbocycles. The van der Waals surface area contributed by atoms with E-state index >= 15 is 0 Å².